The maximum atomic E-state index is 12.3. The van der Waals surface area contributed by atoms with Crippen LogP contribution in [0, 0.1) is 18.3 Å². The summed E-state index contributed by atoms with van der Waals surface area (Å²) in [6, 6.07) is 14.4. The number of morpholine rings is 1. The highest BCUT2D eigenvalue weighted by Crippen LogP contribution is 2.31. The van der Waals surface area contributed by atoms with Crippen molar-refractivity contribution in [3.8, 4) is 12.3 Å². The number of ether oxygens (including phenoxy) is 1. The van der Waals surface area contributed by atoms with Crippen LogP contribution in [0.4, 0.5) is 11.5 Å². The minimum atomic E-state index is -0.0726. The van der Waals surface area contributed by atoms with E-state index in [0.717, 1.165) is 44.0 Å². The van der Waals surface area contributed by atoms with Crippen LogP contribution in [0.5, 0.6) is 0 Å². The van der Waals surface area contributed by atoms with Crippen molar-refractivity contribution in [1.29, 1.82) is 0 Å². The number of pyridine rings is 1. The number of aromatic amines is 1. The molecule has 5 nitrogen and oxygen atoms in total. The lowest BCUT2D eigenvalue weighted by Crippen LogP contribution is -2.38. The Morgan fingerprint density at radius 1 is 1.15 bits per heavy atom. The zero-order valence-electron chi connectivity index (χ0n) is 15.4. The van der Waals surface area contributed by atoms with Crippen LogP contribution in [0.3, 0.4) is 0 Å². The van der Waals surface area contributed by atoms with E-state index in [9.17, 15) is 4.79 Å². The molecule has 27 heavy (non-hydrogen) atoms. The van der Waals surface area contributed by atoms with Gasteiger partial charge in [-0.05, 0) is 18.4 Å². The van der Waals surface area contributed by atoms with Gasteiger partial charge in [-0.2, -0.15) is 0 Å². The Kier molecular flexibility index (Phi) is 5.17. The number of H-pyrrole nitrogens is 1. The third-order valence-corrected chi connectivity index (χ3v) is 5.55. The number of benzene rings is 1. The normalized spacial score (nSPS) is 22.6. The van der Waals surface area contributed by atoms with E-state index >= 15 is 0 Å². The van der Waals surface area contributed by atoms with Crippen LogP contribution in [0.15, 0.2) is 47.3 Å². The summed E-state index contributed by atoms with van der Waals surface area (Å²) in [7, 11) is 0. The second-order valence-corrected chi connectivity index (χ2v) is 7.20. The SMILES string of the molecule is C#C[C@H]1CCN(c2cc(N3CCOCC3)cc(=O)[nH]2)[C@H]1Cc1ccccc1. The molecule has 4 rings (SSSR count). The molecule has 1 aromatic carbocycles. The third kappa shape index (κ3) is 3.86. The monoisotopic (exact) mass is 363 g/mol. The first-order valence-corrected chi connectivity index (χ1v) is 9.58. The van der Waals surface area contributed by atoms with Crippen LogP contribution in [-0.4, -0.2) is 43.9 Å². The molecule has 0 saturated carbocycles. The fourth-order valence-electron chi connectivity index (χ4n) is 4.13. The molecule has 0 amide bonds. The van der Waals surface area contributed by atoms with Gasteiger partial charge in [0.25, 0.3) is 5.56 Å². The van der Waals surface area contributed by atoms with E-state index < -0.39 is 0 Å². The summed E-state index contributed by atoms with van der Waals surface area (Å²) in [6.45, 7) is 3.87. The van der Waals surface area contributed by atoms with E-state index in [0.29, 0.717) is 13.2 Å². The van der Waals surface area contributed by atoms with E-state index in [1.54, 1.807) is 6.07 Å². The molecule has 0 spiro atoms. The first kappa shape index (κ1) is 17.7. The van der Waals surface area contributed by atoms with Crippen LogP contribution in [0.2, 0.25) is 0 Å². The van der Waals surface area contributed by atoms with E-state index in [1.165, 1.54) is 5.56 Å². The lowest BCUT2D eigenvalue weighted by Gasteiger charge is -2.31. The molecule has 3 heterocycles. The number of nitrogens with zero attached hydrogens (tertiary/aromatic N) is 2. The Hall–Kier alpha value is -2.71. The number of hydrogen-bond acceptors (Lipinski definition) is 4. The van der Waals surface area contributed by atoms with Crippen molar-refractivity contribution < 1.29 is 4.74 Å². The number of hydrogen-bond donors (Lipinski definition) is 1. The minimum Gasteiger partial charge on any atom is -0.378 e. The predicted octanol–water partition coefficient (Wildman–Crippen LogP) is 2.28. The highest BCUT2D eigenvalue weighted by molar-refractivity contribution is 5.56. The molecule has 1 aromatic heterocycles. The molecule has 0 bridgehead atoms. The van der Waals surface area contributed by atoms with E-state index in [1.807, 2.05) is 6.07 Å². The van der Waals surface area contributed by atoms with Gasteiger partial charge in [0.1, 0.15) is 5.82 Å². The Bertz CT molecular complexity index is 865. The second kappa shape index (κ2) is 7.89. The zero-order chi connectivity index (χ0) is 18.6. The molecule has 2 atom stereocenters. The van der Waals surface area contributed by atoms with Crippen molar-refractivity contribution in [1.82, 2.24) is 4.98 Å². The molecular weight excluding hydrogens is 338 g/mol. The van der Waals surface area contributed by atoms with Gasteiger partial charge in [0.15, 0.2) is 0 Å². The first-order chi connectivity index (χ1) is 13.2. The minimum absolute atomic E-state index is 0.0726. The Labute approximate surface area is 160 Å². The standard InChI is InChI=1S/C22H25N3O2/c1-2-18-8-9-25(20(18)14-17-6-4-3-5-7-17)21-15-19(16-22(26)23-21)24-10-12-27-13-11-24/h1,3-7,15-16,18,20H,8-14H2,(H,23,26)/t18-,20-/m0/s1. The summed E-state index contributed by atoms with van der Waals surface area (Å²) >= 11 is 0. The van der Waals surface area contributed by atoms with Gasteiger partial charge in [-0.3, -0.25) is 4.79 Å². The molecule has 2 fully saturated rings. The highest BCUT2D eigenvalue weighted by Gasteiger charge is 2.34. The number of aromatic nitrogens is 1. The largest absolute Gasteiger partial charge is 0.378 e. The van der Waals surface area contributed by atoms with Gasteiger partial charge >= 0.3 is 0 Å². The van der Waals surface area contributed by atoms with Crippen LogP contribution in [0.25, 0.3) is 0 Å². The van der Waals surface area contributed by atoms with Crippen LogP contribution in [-0.2, 0) is 11.2 Å². The maximum Gasteiger partial charge on any atom is 0.251 e. The van der Waals surface area contributed by atoms with E-state index in [-0.39, 0.29) is 17.5 Å². The Morgan fingerprint density at radius 2 is 1.93 bits per heavy atom. The Balaban J connectivity index is 1.63. The van der Waals surface area contributed by atoms with Gasteiger partial charge in [0.2, 0.25) is 0 Å². The number of anilines is 2. The van der Waals surface area contributed by atoms with Crippen molar-refractivity contribution in [2.24, 2.45) is 5.92 Å². The van der Waals surface area contributed by atoms with Gasteiger partial charge in [-0.15, -0.1) is 12.3 Å². The van der Waals surface area contributed by atoms with E-state index in [4.69, 9.17) is 11.2 Å². The molecule has 0 unspecified atom stereocenters. The predicted molar refractivity (Wildman–Crippen MR) is 108 cm³/mol. The van der Waals surface area contributed by atoms with Gasteiger partial charge in [0.05, 0.1) is 13.2 Å². The van der Waals surface area contributed by atoms with Gasteiger partial charge < -0.3 is 19.5 Å². The smallest absolute Gasteiger partial charge is 0.251 e. The molecule has 5 heteroatoms. The van der Waals surface area contributed by atoms with E-state index in [2.05, 4.69) is 51.0 Å². The fraction of sp³-hybridized carbons (Fsp3) is 0.409. The van der Waals surface area contributed by atoms with Crippen molar-refractivity contribution in [3.05, 3.63) is 58.4 Å². The zero-order valence-corrected chi connectivity index (χ0v) is 15.4. The fourth-order valence-corrected chi connectivity index (χ4v) is 4.13. The molecule has 0 radical (unpaired) electrons. The maximum absolute atomic E-state index is 12.3. The molecule has 1 N–H and O–H groups in total. The van der Waals surface area contributed by atoms with Crippen molar-refractivity contribution in [2.75, 3.05) is 42.6 Å². The van der Waals surface area contributed by atoms with Crippen LogP contribution >= 0.6 is 0 Å². The number of terminal acetylenes is 1. The van der Waals surface area contributed by atoms with Crippen LogP contribution < -0.4 is 15.4 Å². The Morgan fingerprint density at radius 3 is 2.67 bits per heavy atom. The lowest BCUT2D eigenvalue weighted by molar-refractivity contribution is 0.122. The van der Waals surface area contributed by atoms with Gasteiger partial charge in [0, 0.05) is 49.4 Å². The molecule has 0 aliphatic carbocycles. The third-order valence-electron chi connectivity index (χ3n) is 5.55. The summed E-state index contributed by atoms with van der Waals surface area (Å²) in [4.78, 5) is 19.9. The number of rotatable bonds is 4. The number of nitrogens with one attached hydrogen (secondary N) is 1. The highest BCUT2D eigenvalue weighted by atomic mass is 16.5. The molecule has 2 aliphatic rings. The molecule has 2 aliphatic heterocycles. The lowest BCUT2D eigenvalue weighted by atomic mass is 9.95. The topological polar surface area (TPSA) is 48.6 Å². The molecular formula is C22H25N3O2. The second-order valence-electron chi connectivity index (χ2n) is 7.20. The average Bonchev–Trinajstić information content (AvgIpc) is 3.11. The van der Waals surface area contributed by atoms with Gasteiger partial charge in [-0.25, -0.2) is 0 Å². The molecule has 2 saturated heterocycles. The first-order valence-electron chi connectivity index (χ1n) is 9.58. The molecule has 2 aromatic rings. The summed E-state index contributed by atoms with van der Waals surface area (Å²) in [5.74, 6) is 4.01. The summed E-state index contributed by atoms with van der Waals surface area (Å²) in [5, 5.41) is 0. The average molecular weight is 363 g/mol. The summed E-state index contributed by atoms with van der Waals surface area (Å²) < 4.78 is 5.43. The summed E-state index contributed by atoms with van der Waals surface area (Å²) in [5.41, 5.74) is 2.15. The van der Waals surface area contributed by atoms with Crippen molar-refractivity contribution in [3.63, 3.8) is 0 Å². The van der Waals surface area contributed by atoms with Crippen molar-refractivity contribution >= 4 is 11.5 Å². The van der Waals surface area contributed by atoms with Crippen molar-refractivity contribution in [2.45, 2.75) is 18.9 Å². The van der Waals surface area contributed by atoms with Gasteiger partial charge in [-0.1, -0.05) is 30.3 Å². The van der Waals surface area contributed by atoms with Crippen LogP contribution in [0.1, 0.15) is 12.0 Å². The molecule has 140 valence electrons. The summed E-state index contributed by atoms with van der Waals surface area (Å²) in [6.07, 6.45) is 7.64. The quantitative estimate of drug-likeness (QED) is 0.847.